The van der Waals surface area contributed by atoms with Crippen LogP contribution in [0.3, 0.4) is 0 Å². The van der Waals surface area contributed by atoms with Gasteiger partial charge in [-0.2, -0.15) is 0 Å². The maximum absolute atomic E-state index is 11.7. The summed E-state index contributed by atoms with van der Waals surface area (Å²) in [5.74, 6) is -0.561. The van der Waals surface area contributed by atoms with Crippen molar-refractivity contribution in [2.45, 2.75) is 32.6 Å². The number of aldehydes is 1. The molecular formula is C15H20O3. The molecule has 0 saturated carbocycles. The lowest BCUT2D eigenvalue weighted by molar-refractivity contribution is -0.149. The Balaban J connectivity index is 2.47. The number of benzene rings is 1. The summed E-state index contributed by atoms with van der Waals surface area (Å²) in [5, 5.41) is 0. The zero-order valence-corrected chi connectivity index (χ0v) is 10.8. The average Bonchev–Trinajstić information content (AvgIpc) is 2.42. The van der Waals surface area contributed by atoms with Gasteiger partial charge in [0.15, 0.2) is 0 Å². The Bertz CT molecular complexity index is 359. The Morgan fingerprint density at radius 3 is 2.67 bits per heavy atom. The third-order valence-corrected chi connectivity index (χ3v) is 2.79. The number of hydrogen-bond acceptors (Lipinski definition) is 3. The lowest BCUT2D eigenvalue weighted by atomic mass is 9.97. The number of rotatable bonds is 8. The molecule has 0 radical (unpaired) electrons. The second-order valence-electron chi connectivity index (χ2n) is 4.29. The predicted molar refractivity (Wildman–Crippen MR) is 70.2 cm³/mol. The molecule has 1 aromatic carbocycles. The Morgan fingerprint density at radius 2 is 2.06 bits per heavy atom. The molecule has 0 aromatic heterocycles. The van der Waals surface area contributed by atoms with E-state index in [1.54, 1.807) is 0 Å². The van der Waals surface area contributed by atoms with E-state index in [1.807, 2.05) is 37.3 Å². The van der Waals surface area contributed by atoms with Gasteiger partial charge < -0.3 is 9.53 Å². The molecule has 1 aromatic rings. The number of esters is 1. The highest BCUT2D eigenvalue weighted by Crippen LogP contribution is 2.14. The SMILES string of the molecule is CCCOC(=O)C(CC=O)CCc1ccccc1. The number of carbonyl (C=O) groups excluding carboxylic acids is 2. The molecule has 0 fully saturated rings. The minimum absolute atomic E-state index is 0.245. The molecule has 0 aliphatic carbocycles. The second kappa shape index (κ2) is 8.45. The van der Waals surface area contributed by atoms with E-state index in [2.05, 4.69) is 0 Å². The molecule has 0 heterocycles. The van der Waals surface area contributed by atoms with Crippen molar-refractivity contribution in [3.63, 3.8) is 0 Å². The van der Waals surface area contributed by atoms with E-state index in [0.717, 1.165) is 19.1 Å². The molecule has 0 saturated heterocycles. The van der Waals surface area contributed by atoms with Gasteiger partial charge in [0.1, 0.15) is 6.29 Å². The quantitative estimate of drug-likeness (QED) is 0.525. The van der Waals surface area contributed by atoms with Gasteiger partial charge in [0.05, 0.1) is 12.5 Å². The van der Waals surface area contributed by atoms with Crippen molar-refractivity contribution in [3.05, 3.63) is 35.9 Å². The minimum Gasteiger partial charge on any atom is -0.465 e. The average molecular weight is 248 g/mol. The predicted octanol–water partition coefficient (Wildman–Crippen LogP) is 2.78. The summed E-state index contributed by atoms with van der Waals surface area (Å²) in [6.45, 7) is 2.38. The first-order valence-electron chi connectivity index (χ1n) is 6.42. The van der Waals surface area contributed by atoms with Gasteiger partial charge in [-0.15, -0.1) is 0 Å². The molecule has 0 amide bonds. The number of carbonyl (C=O) groups is 2. The number of ether oxygens (including phenoxy) is 1. The van der Waals surface area contributed by atoms with Crippen molar-refractivity contribution in [1.82, 2.24) is 0 Å². The van der Waals surface area contributed by atoms with E-state index in [9.17, 15) is 9.59 Å². The second-order valence-corrected chi connectivity index (χ2v) is 4.29. The molecule has 0 aliphatic rings. The molecule has 1 unspecified atom stereocenters. The van der Waals surface area contributed by atoms with E-state index in [0.29, 0.717) is 13.0 Å². The Morgan fingerprint density at radius 1 is 1.33 bits per heavy atom. The summed E-state index contributed by atoms with van der Waals surface area (Å²) in [7, 11) is 0. The topological polar surface area (TPSA) is 43.4 Å². The molecule has 98 valence electrons. The largest absolute Gasteiger partial charge is 0.465 e. The number of hydrogen-bond donors (Lipinski definition) is 0. The van der Waals surface area contributed by atoms with Crippen molar-refractivity contribution >= 4 is 12.3 Å². The molecule has 3 nitrogen and oxygen atoms in total. The zero-order valence-electron chi connectivity index (χ0n) is 10.8. The van der Waals surface area contributed by atoms with Crippen molar-refractivity contribution in [3.8, 4) is 0 Å². The van der Waals surface area contributed by atoms with Crippen LogP contribution in [0.2, 0.25) is 0 Å². The van der Waals surface area contributed by atoms with Crippen LogP contribution in [0, 0.1) is 5.92 Å². The van der Waals surface area contributed by atoms with E-state index >= 15 is 0 Å². The van der Waals surface area contributed by atoms with E-state index in [4.69, 9.17) is 4.74 Å². The normalized spacial score (nSPS) is 11.8. The summed E-state index contributed by atoms with van der Waals surface area (Å²) < 4.78 is 5.10. The molecule has 0 bridgehead atoms. The van der Waals surface area contributed by atoms with Crippen LogP contribution in [-0.4, -0.2) is 18.9 Å². The lowest BCUT2D eigenvalue weighted by Crippen LogP contribution is -2.19. The Kier molecular flexibility index (Phi) is 6.77. The van der Waals surface area contributed by atoms with Crippen molar-refractivity contribution in [1.29, 1.82) is 0 Å². The van der Waals surface area contributed by atoms with Gasteiger partial charge in [-0.1, -0.05) is 37.3 Å². The molecule has 0 N–H and O–H groups in total. The van der Waals surface area contributed by atoms with Gasteiger partial charge in [0.25, 0.3) is 0 Å². The molecule has 3 heteroatoms. The van der Waals surface area contributed by atoms with E-state index in [1.165, 1.54) is 5.56 Å². The fourth-order valence-corrected chi connectivity index (χ4v) is 1.75. The molecule has 0 spiro atoms. The van der Waals surface area contributed by atoms with E-state index < -0.39 is 0 Å². The highest BCUT2D eigenvalue weighted by Gasteiger charge is 2.19. The zero-order chi connectivity index (χ0) is 13.2. The first-order chi connectivity index (χ1) is 8.77. The first-order valence-corrected chi connectivity index (χ1v) is 6.42. The van der Waals surface area contributed by atoms with Crippen LogP contribution in [-0.2, 0) is 20.7 Å². The summed E-state index contributed by atoms with van der Waals surface area (Å²) in [4.78, 5) is 22.3. The van der Waals surface area contributed by atoms with Crippen LogP contribution in [0.25, 0.3) is 0 Å². The van der Waals surface area contributed by atoms with E-state index in [-0.39, 0.29) is 18.3 Å². The monoisotopic (exact) mass is 248 g/mol. The standard InChI is InChI=1S/C15H20O3/c1-2-12-18-15(17)14(10-11-16)9-8-13-6-4-3-5-7-13/h3-7,11,14H,2,8-10,12H2,1H3. The third kappa shape index (κ3) is 5.13. The smallest absolute Gasteiger partial charge is 0.309 e. The van der Waals surface area contributed by atoms with Crippen LogP contribution in [0.4, 0.5) is 0 Å². The molecule has 18 heavy (non-hydrogen) atoms. The van der Waals surface area contributed by atoms with Gasteiger partial charge in [0, 0.05) is 6.42 Å². The number of aryl methyl sites for hydroxylation is 1. The molecule has 1 atom stereocenters. The van der Waals surface area contributed by atoms with Crippen LogP contribution >= 0.6 is 0 Å². The van der Waals surface area contributed by atoms with Gasteiger partial charge >= 0.3 is 5.97 Å². The molecular weight excluding hydrogens is 228 g/mol. The van der Waals surface area contributed by atoms with Gasteiger partial charge in [-0.25, -0.2) is 0 Å². The maximum atomic E-state index is 11.7. The van der Waals surface area contributed by atoms with Gasteiger partial charge in [-0.3, -0.25) is 4.79 Å². The highest BCUT2D eigenvalue weighted by molar-refractivity contribution is 5.75. The Labute approximate surface area is 108 Å². The molecule has 0 aliphatic heterocycles. The minimum atomic E-state index is -0.311. The summed E-state index contributed by atoms with van der Waals surface area (Å²) >= 11 is 0. The van der Waals surface area contributed by atoms with Crippen molar-refractivity contribution in [2.24, 2.45) is 5.92 Å². The molecule has 1 rings (SSSR count). The van der Waals surface area contributed by atoms with Gasteiger partial charge in [0.2, 0.25) is 0 Å². The fourth-order valence-electron chi connectivity index (χ4n) is 1.75. The maximum Gasteiger partial charge on any atom is 0.309 e. The summed E-state index contributed by atoms with van der Waals surface area (Å²) in [6.07, 6.45) is 3.29. The van der Waals surface area contributed by atoms with Crippen LogP contribution in [0.1, 0.15) is 31.7 Å². The van der Waals surface area contributed by atoms with Crippen LogP contribution in [0.5, 0.6) is 0 Å². The first kappa shape index (κ1) is 14.4. The Hall–Kier alpha value is -1.64. The van der Waals surface area contributed by atoms with Crippen molar-refractivity contribution < 1.29 is 14.3 Å². The summed E-state index contributed by atoms with van der Waals surface area (Å²) in [5.41, 5.74) is 1.18. The van der Waals surface area contributed by atoms with Crippen molar-refractivity contribution in [2.75, 3.05) is 6.61 Å². The lowest BCUT2D eigenvalue weighted by Gasteiger charge is -2.13. The fraction of sp³-hybridized carbons (Fsp3) is 0.467. The third-order valence-electron chi connectivity index (χ3n) is 2.79. The highest BCUT2D eigenvalue weighted by atomic mass is 16.5. The summed E-state index contributed by atoms with van der Waals surface area (Å²) in [6, 6.07) is 9.95. The van der Waals surface area contributed by atoms with Crippen LogP contribution < -0.4 is 0 Å². The van der Waals surface area contributed by atoms with Crippen LogP contribution in [0.15, 0.2) is 30.3 Å². The van der Waals surface area contributed by atoms with Gasteiger partial charge in [-0.05, 0) is 24.8 Å².